The predicted octanol–water partition coefficient (Wildman–Crippen LogP) is 1.80. The van der Waals surface area contributed by atoms with Gasteiger partial charge in [0, 0.05) is 6.54 Å². The molecule has 1 saturated heterocycles. The lowest BCUT2D eigenvalue weighted by Crippen LogP contribution is -2.60. The van der Waals surface area contributed by atoms with Crippen LogP contribution in [-0.4, -0.2) is 35.8 Å². The number of nitrogens with zero attached hydrogens (tertiary/aromatic N) is 1. The molecule has 1 aliphatic carbocycles. The van der Waals surface area contributed by atoms with Crippen LogP contribution in [0.1, 0.15) is 46.5 Å². The van der Waals surface area contributed by atoms with Crippen LogP contribution in [0.3, 0.4) is 0 Å². The smallest absolute Gasteiger partial charge is 0.245 e. The Morgan fingerprint density at radius 2 is 1.84 bits per heavy atom. The Morgan fingerprint density at radius 1 is 1.21 bits per heavy atom. The van der Waals surface area contributed by atoms with E-state index < -0.39 is 0 Å². The topological polar surface area (TPSA) is 49.4 Å². The molecule has 0 aromatic rings. The highest BCUT2D eigenvalue weighted by Crippen LogP contribution is 2.29. The van der Waals surface area contributed by atoms with Gasteiger partial charge in [-0.25, -0.2) is 0 Å². The average Bonchev–Trinajstić information content (AvgIpc) is 2.35. The summed E-state index contributed by atoms with van der Waals surface area (Å²) in [5.74, 6) is 1.65. The van der Waals surface area contributed by atoms with E-state index in [-0.39, 0.29) is 30.3 Å². The fraction of sp³-hybridized carbons (Fsp3) is 0.867. The molecule has 2 fully saturated rings. The first-order valence-electron chi connectivity index (χ1n) is 7.55. The molecule has 0 bridgehead atoms. The van der Waals surface area contributed by atoms with Crippen LogP contribution < -0.4 is 5.32 Å². The Bertz CT molecular complexity index is 346. The van der Waals surface area contributed by atoms with E-state index in [4.69, 9.17) is 0 Å². The van der Waals surface area contributed by atoms with E-state index in [9.17, 15) is 9.59 Å². The lowest BCUT2D eigenvalue weighted by molar-refractivity contribution is -0.146. The van der Waals surface area contributed by atoms with Gasteiger partial charge in [-0.3, -0.25) is 9.59 Å². The fourth-order valence-corrected chi connectivity index (χ4v) is 3.16. The van der Waals surface area contributed by atoms with Gasteiger partial charge in [0.25, 0.3) is 0 Å². The van der Waals surface area contributed by atoms with Gasteiger partial charge in [-0.1, -0.05) is 33.6 Å². The van der Waals surface area contributed by atoms with Crippen molar-refractivity contribution in [3.63, 3.8) is 0 Å². The molecule has 1 aliphatic heterocycles. The first-order chi connectivity index (χ1) is 8.97. The maximum absolute atomic E-state index is 12.4. The lowest BCUT2D eigenvalue weighted by Gasteiger charge is -2.37. The minimum absolute atomic E-state index is 0.0116. The van der Waals surface area contributed by atoms with Gasteiger partial charge in [0.2, 0.25) is 11.8 Å². The average molecular weight is 266 g/mol. The zero-order chi connectivity index (χ0) is 14.0. The van der Waals surface area contributed by atoms with Crippen molar-refractivity contribution in [1.29, 1.82) is 0 Å². The number of amides is 2. The minimum Gasteiger partial charge on any atom is -0.343 e. The van der Waals surface area contributed by atoms with Crippen molar-refractivity contribution in [3.8, 4) is 0 Å². The summed E-state index contributed by atoms with van der Waals surface area (Å²) >= 11 is 0. The molecule has 0 aromatic carbocycles. The maximum atomic E-state index is 12.4. The quantitative estimate of drug-likeness (QED) is 0.846. The molecule has 2 amide bonds. The normalized spacial score (nSPS) is 32.6. The van der Waals surface area contributed by atoms with Gasteiger partial charge in [-0.05, 0) is 30.6 Å². The standard InChI is InChI=1S/C15H26N2O2/c1-10(2)14-15(19)17(9-13(18)16-14)8-12-6-4-11(3)5-7-12/h10-12,14H,4-9H2,1-3H3,(H,16,18). The zero-order valence-corrected chi connectivity index (χ0v) is 12.3. The van der Waals surface area contributed by atoms with Crippen LogP contribution in [0, 0.1) is 17.8 Å². The molecule has 0 spiro atoms. The number of rotatable bonds is 3. The molecule has 1 atom stereocenters. The minimum atomic E-state index is -0.330. The molecule has 1 saturated carbocycles. The third kappa shape index (κ3) is 3.48. The third-order valence-electron chi connectivity index (χ3n) is 4.51. The van der Waals surface area contributed by atoms with Gasteiger partial charge in [-0.2, -0.15) is 0 Å². The summed E-state index contributed by atoms with van der Waals surface area (Å²) in [5.41, 5.74) is 0. The molecular weight excluding hydrogens is 240 g/mol. The van der Waals surface area contributed by atoms with Crippen LogP contribution >= 0.6 is 0 Å². The zero-order valence-electron chi connectivity index (χ0n) is 12.3. The van der Waals surface area contributed by atoms with Gasteiger partial charge in [0.15, 0.2) is 0 Å². The number of hydrogen-bond donors (Lipinski definition) is 1. The SMILES string of the molecule is CC1CCC(CN2CC(=O)NC(C(C)C)C2=O)CC1. The van der Waals surface area contributed by atoms with Crippen LogP contribution in [0.15, 0.2) is 0 Å². The highest BCUT2D eigenvalue weighted by molar-refractivity contribution is 5.94. The van der Waals surface area contributed by atoms with Gasteiger partial charge in [0.05, 0.1) is 6.54 Å². The summed E-state index contributed by atoms with van der Waals surface area (Å²) in [7, 11) is 0. The summed E-state index contributed by atoms with van der Waals surface area (Å²) in [4.78, 5) is 25.9. The molecule has 2 aliphatic rings. The van der Waals surface area contributed by atoms with Crippen molar-refractivity contribution >= 4 is 11.8 Å². The van der Waals surface area contributed by atoms with E-state index in [1.807, 2.05) is 13.8 Å². The number of carbonyl (C=O) groups excluding carboxylic acids is 2. The summed E-state index contributed by atoms with van der Waals surface area (Å²) in [6.07, 6.45) is 4.90. The predicted molar refractivity (Wildman–Crippen MR) is 74.5 cm³/mol. The fourth-order valence-electron chi connectivity index (χ4n) is 3.16. The number of carbonyl (C=O) groups is 2. The van der Waals surface area contributed by atoms with Gasteiger partial charge >= 0.3 is 0 Å². The lowest BCUT2D eigenvalue weighted by atomic mass is 9.82. The van der Waals surface area contributed by atoms with Crippen molar-refractivity contribution in [2.45, 2.75) is 52.5 Å². The third-order valence-corrected chi connectivity index (χ3v) is 4.51. The van der Waals surface area contributed by atoms with Gasteiger partial charge in [-0.15, -0.1) is 0 Å². The van der Waals surface area contributed by atoms with Crippen molar-refractivity contribution in [2.24, 2.45) is 17.8 Å². The van der Waals surface area contributed by atoms with Crippen LogP contribution in [0.2, 0.25) is 0 Å². The van der Waals surface area contributed by atoms with E-state index in [2.05, 4.69) is 12.2 Å². The molecule has 2 rings (SSSR count). The van der Waals surface area contributed by atoms with Crippen molar-refractivity contribution in [1.82, 2.24) is 10.2 Å². The van der Waals surface area contributed by atoms with Crippen molar-refractivity contribution < 1.29 is 9.59 Å². The molecule has 4 heteroatoms. The molecule has 108 valence electrons. The molecule has 1 unspecified atom stereocenters. The Balaban J connectivity index is 1.94. The first kappa shape index (κ1) is 14.4. The van der Waals surface area contributed by atoms with Crippen LogP contribution in [0.5, 0.6) is 0 Å². The maximum Gasteiger partial charge on any atom is 0.245 e. The highest BCUT2D eigenvalue weighted by Gasteiger charge is 2.35. The second-order valence-electron chi connectivity index (χ2n) is 6.63. The second kappa shape index (κ2) is 5.93. The first-order valence-corrected chi connectivity index (χ1v) is 7.55. The van der Waals surface area contributed by atoms with Crippen molar-refractivity contribution in [2.75, 3.05) is 13.1 Å². The monoisotopic (exact) mass is 266 g/mol. The van der Waals surface area contributed by atoms with E-state index >= 15 is 0 Å². The number of hydrogen-bond acceptors (Lipinski definition) is 2. The largest absolute Gasteiger partial charge is 0.343 e. The highest BCUT2D eigenvalue weighted by atomic mass is 16.2. The summed E-state index contributed by atoms with van der Waals surface area (Å²) in [5, 5.41) is 2.81. The summed E-state index contributed by atoms with van der Waals surface area (Å²) in [6.45, 7) is 7.27. The van der Waals surface area contributed by atoms with Crippen LogP contribution in [-0.2, 0) is 9.59 Å². The molecule has 0 aromatic heterocycles. The van der Waals surface area contributed by atoms with E-state index in [1.165, 1.54) is 25.7 Å². The Kier molecular flexibility index (Phi) is 4.48. The van der Waals surface area contributed by atoms with Crippen LogP contribution in [0.4, 0.5) is 0 Å². The Hall–Kier alpha value is -1.06. The van der Waals surface area contributed by atoms with Gasteiger partial charge in [0.1, 0.15) is 6.04 Å². The summed E-state index contributed by atoms with van der Waals surface area (Å²) in [6, 6.07) is -0.330. The Labute approximate surface area is 115 Å². The number of nitrogens with one attached hydrogen (secondary N) is 1. The van der Waals surface area contributed by atoms with Gasteiger partial charge < -0.3 is 10.2 Å². The van der Waals surface area contributed by atoms with E-state index in [1.54, 1.807) is 4.90 Å². The molecular formula is C15H26N2O2. The molecule has 19 heavy (non-hydrogen) atoms. The molecule has 4 nitrogen and oxygen atoms in total. The molecule has 1 N–H and O–H groups in total. The van der Waals surface area contributed by atoms with E-state index in [0.717, 1.165) is 12.5 Å². The van der Waals surface area contributed by atoms with Crippen LogP contribution in [0.25, 0.3) is 0 Å². The Morgan fingerprint density at radius 3 is 2.42 bits per heavy atom. The molecule has 0 radical (unpaired) electrons. The summed E-state index contributed by atoms with van der Waals surface area (Å²) < 4.78 is 0. The molecule has 1 heterocycles. The second-order valence-corrected chi connectivity index (χ2v) is 6.63. The number of piperazine rings is 1. The van der Waals surface area contributed by atoms with E-state index in [0.29, 0.717) is 5.92 Å². The van der Waals surface area contributed by atoms with Crippen molar-refractivity contribution in [3.05, 3.63) is 0 Å².